The number of carbonyl (C=O) groups excluding carboxylic acids is 2. The summed E-state index contributed by atoms with van der Waals surface area (Å²) in [5.41, 5.74) is 0.573. The Morgan fingerprint density at radius 1 is 1.11 bits per heavy atom. The van der Waals surface area contributed by atoms with Gasteiger partial charge in [0, 0.05) is 25.3 Å². The fourth-order valence-corrected chi connectivity index (χ4v) is 2.73. The summed E-state index contributed by atoms with van der Waals surface area (Å²) >= 11 is 0. The number of ether oxygens (including phenoxy) is 1. The van der Waals surface area contributed by atoms with Crippen molar-refractivity contribution in [3.63, 3.8) is 0 Å². The van der Waals surface area contributed by atoms with E-state index in [-0.39, 0.29) is 24.4 Å². The fraction of sp³-hybridized carbons (Fsp3) is 0.429. The summed E-state index contributed by atoms with van der Waals surface area (Å²) < 4.78 is 10.7. The second-order valence-electron chi connectivity index (χ2n) is 6.71. The SMILES string of the molecule is COCCN(Cc1ccc(C)o1)C(=O)CN(C(=O)c1ccccc1)C(C)C. The van der Waals surface area contributed by atoms with E-state index in [1.54, 1.807) is 29.0 Å². The van der Waals surface area contributed by atoms with Crippen LogP contribution in [-0.2, 0) is 16.1 Å². The minimum Gasteiger partial charge on any atom is -0.464 e. The monoisotopic (exact) mass is 372 g/mol. The van der Waals surface area contributed by atoms with Crippen molar-refractivity contribution in [3.8, 4) is 0 Å². The van der Waals surface area contributed by atoms with Crippen LogP contribution in [0.25, 0.3) is 0 Å². The highest BCUT2D eigenvalue weighted by molar-refractivity contribution is 5.96. The molecule has 0 unspecified atom stereocenters. The average Bonchev–Trinajstić information content (AvgIpc) is 3.07. The van der Waals surface area contributed by atoms with E-state index >= 15 is 0 Å². The molecule has 0 saturated carbocycles. The zero-order chi connectivity index (χ0) is 19.8. The molecule has 0 saturated heterocycles. The van der Waals surface area contributed by atoms with Crippen molar-refractivity contribution in [2.24, 2.45) is 0 Å². The van der Waals surface area contributed by atoms with Crippen LogP contribution in [0.1, 0.15) is 35.7 Å². The van der Waals surface area contributed by atoms with Crippen LogP contribution >= 0.6 is 0 Å². The minimum absolute atomic E-state index is 0.00873. The topological polar surface area (TPSA) is 63.0 Å². The maximum Gasteiger partial charge on any atom is 0.254 e. The van der Waals surface area contributed by atoms with Crippen LogP contribution in [0, 0.1) is 6.92 Å². The number of methoxy groups -OCH3 is 1. The van der Waals surface area contributed by atoms with Crippen LogP contribution in [0.4, 0.5) is 0 Å². The Kier molecular flexibility index (Phi) is 7.61. The van der Waals surface area contributed by atoms with Crippen molar-refractivity contribution in [2.75, 3.05) is 26.8 Å². The first-order chi connectivity index (χ1) is 12.9. The maximum atomic E-state index is 12.9. The molecule has 1 aromatic carbocycles. The van der Waals surface area contributed by atoms with E-state index in [2.05, 4.69) is 0 Å². The van der Waals surface area contributed by atoms with Gasteiger partial charge in [-0.1, -0.05) is 18.2 Å². The summed E-state index contributed by atoms with van der Waals surface area (Å²) in [5, 5.41) is 0. The third-order valence-corrected chi connectivity index (χ3v) is 4.27. The minimum atomic E-state index is -0.153. The van der Waals surface area contributed by atoms with E-state index < -0.39 is 0 Å². The molecule has 0 spiro atoms. The molecule has 2 rings (SSSR count). The molecule has 0 aliphatic rings. The van der Waals surface area contributed by atoms with E-state index in [0.29, 0.717) is 31.0 Å². The summed E-state index contributed by atoms with van der Waals surface area (Å²) in [4.78, 5) is 29.0. The highest BCUT2D eigenvalue weighted by atomic mass is 16.5. The third-order valence-electron chi connectivity index (χ3n) is 4.27. The molecule has 0 bridgehead atoms. The van der Waals surface area contributed by atoms with Crippen LogP contribution in [0.5, 0.6) is 0 Å². The van der Waals surface area contributed by atoms with Gasteiger partial charge in [-0.3, -0.25) is 9.59 Å². The Morgan fingerprint density at radius 3 is 2.37 bits per heavy atom. The molecule has 2 amide bonds. The molecular formula is C21H28N2O4. The Labute approximate surface area is 160 Å². The number of hydrogen-bond acceptors (Lipinski definition) is 4. The van der Waals surface area contributed by atoms with Crippen LogP contribution in [0.2, 0.25) is 0 Å². The zero-order valence-electron chi connectivity index (χ0n) is 16.5. The number of aryl methyl sites for hydroxylation is 1. The van der Waals surface area contributed by atoms with E-state index in [1.807, 2.05) is 51.1 Å². The van der Waals surface area contributed by atoms with Gasteiger partial charge in [0.1, 0.15) is 18.1 Å². The first-order valence-corrected chi connectivity index (χ1v) is 9.10. The Hall–Kier alpha value is -2.60. The Bertz CT molecular complexity index is 740. The van der Waals surface area contributed by atoms with Crippen molar-refractivity contribution in [1.82, 2.24) is 9.80 Å². The van der Waals surface area contributed by atoms with Crippen molar-refractivity contribution in [2.45, 2.75) is 33.4 Å². The van der Waals surface area contributed by atoms with Crippen LogP contribution in [0.15, 0.2) is 46.9 Å². The second-order valence-corrected chi connectivity index (χ2v) is 6.71. The van der Waals surface area contributed by atoms with Crippen LogP contribution in [0.3, 0.4) is 0 Å². The number of rotatable bonds is 9. The Balaban J connectivity index is 2.12. The molecule has 0 atom stereocenters. The summed E-state index contributed by atoms with van der Waals surface area (Å²) in [6.45, 7) is 6.88. The summed E-state index contributed by atoms with van der Waals surface area (Å²) in [7, 11) is 1.60. The van der Waals surface area contributed by atoms with Crippen molar-refractivity contribution >= 4 is 11.8 Å². The smallest absolute Gasteiger partial charge is 0.254 e. The normalized spacial score (nSPS) is 10.9. The summed E-state index contributed by atoms with van der Waals surface area (Å²) in [5.74, 6) is 1.22. The van der Waals surface area contributed by atoms with Crippen LogP contribution < -0.4 is 0 Å². The van der Waals surface area contributed by atoms with Gasteiger partial charge < -0.3 is 19.0 Å². The molecule has 146 valence electrons. The quantitative estimate of drug-likeness (QED) is 0.678. The van der Waals surface area contributed by atoms with Gasteiger partial charge in [-0.15, -0.1) is 0 Å². The van der Waals surface area contributed by atoms with Gasteiger partial charge in [0.25, 0.3) is 5.91 Å². The molecule has 6 heteroatoms. The number of nitrogens with zero attached hydrogens (tertiary/aromatic N) is 2. The number of furan rings is 1. The highest BCUT2D eigenvalue weighted by Gasteiger charge is 2.24. The van der Waals surface area contributed by atoms with Crippen molar-refractivity contribution in [1.29, 1.82) is 0 Å². The van der Waals surface area contributed by atoms with Crippen molar-refractivity contribution in [3.05, 3.63) is 59.5 Å². The van der Waals surface area contributed by atoms with Gasteiger partial charge in [-0.05, 0) is 45.0 Å². The lowest BCUT2D eigenvalue weighted by atomic mass is 10.1. The average molecular weight is 372 g/mol. The predicted molar refractivity (Wildman–Crippen MR) is 103 cm³/mol. The first-order valence-electron chi connectivity index (χ1n) is 9.10. The van der Waals surface area contributed by atoms with E-state index in [1.165, 1.54) is 0 Å². The van der Waals surface area contributed by atoms with Gasteiger partial charge in [0.05, 0.1) is 13.2 Å². The van der Waals surface area contributed by atoms with Gasteiger partial charge >= 0.3 is 0 Å². The molecule has 0 N–H and O–H groups in total. The lowest BCUT2D eigenvalue weighted by Crippen LogP contribution is -2.46. The standard InChI is InChI=1S/C21H28N2O4/c1-16(2)23(21(25)18-8-6-5-7-9-18)15-20(24)22(12-13-26-4)14-19-11-10-17(3)27-19/h5-11,16H,12-15H2,1-4H3. The lowest BCUT2D eigenvalue weighted by Gasteiger charge is -2.29. The molecule has 0 fully saturated rings. The largest absolute Gasteiger partial charge is 0.464 e. The fourth-order valence-electron chi connectivity index (χ4n) is 2.73. The van der Waals surface area contributed by atoms with E-state index in [4.69, 9.17) is 9.15 Å². The first kappa shape index (κ1) is 20.7. The van der Waals surface area contributed by atoms with Crippen molar-refractivity contribution < 1.29 is 18.7 Å². The molecule has 1 aromatic heterocycles. The summed E-state index contributed by atoms with van der Waals surface area (Å²) in [6.07, 6.45) is 0. The number of carbonyl (C=O) groups is 2. The van der Waals surface area contributed by atoms with Gasteiger partial charge in [-0.25, -0.2) is 0 Å². The maximum absolute atomic E-state index is 12.9. The molecule has 0 aliphatic heterocycles. The molecule has 1 heterocycles. The number of amides is 2. The number of benzene rings is 1. The molecule has 0 radical (unpaired) electrons. The van der Waals surface area contributed by atoms with E-state index in [9.17, 15) is 9.59 Å². The lowest BCUT2D eigenvalue weighted by molar-refractivity contribution is -0.133. The molecular weight excluding hydrogens is 344 g/mol. The van der Waals surface area contributed by atoms with Gasteiger partial charge in [0.2, 0.25) is 5.91 Å². The molecule has 27 heavy (non-hydrogen) atoms. The molecule has 0 aliphatic carbocycles. The second kappa shape index (κ2) is 9.92. The zero-order valence-corrected chi connectivity index (χ0v) is 16.5. The van der Waals surface area contributed by atoms with Gasteiger partial charge in [-0.2, -0.15) is 0 Å². The Morgan fingerprint density at radius 2 is 1.81 bits per heavy atom. The predicted octanol–water partition coefficient (Wildman–Crippen LogP) is 3.11. The summed E-state index contributed by atoms with van der Waals surface area (Å²) in [6, 6.07) is 12.6. The number of hydrogen-bond donors (Lipinski definition) is 0. The molecule has 2 aromatic rings. The van der Waals surface area contributed by atoms with E-state index in [0.717, 1.165) is 5.76 Å². The highest BCUT2D eigenvalue weighted by Crippen LogP contribution is 2.13. The van der Waals surface area contributed by atoms with Crippen LogP contribution in [-0.4, -0.2) is 54.5 Å². The third kappa shape index (κ3) is 5.96. The molecule has 6 nitrogen and oxygen atoms in total. The van der Waals surface area contributed by atoms with Gasteiger partial charge in [0.15, 0.2) is 0 Å².